The molecule has 4 heteroatoms. The van der Waals surface area contributed by atoms with Crippen LogP contribution in [0, 0.1) is 0 Å². The highest BCUT2D eigenvalue weighted by Gasteiger charge is 1.88. The predicted molar refractivity (Wildman–Crippen MR) is 53.6 cm³/mol. The van der Waals surface area contributed by atoms with Crippen molar-refractivity contribution in [3.63, 3.8) is 0 Å². The third-order valence-corrected chi connectivity index (χ3v) is 2.13. The zero-order chi connectivity index (χ0) is 8.93. The summed E-state index contributed by atoms with van der Waals surface area (Å²) in [6.45, 7) is 0. The average molecular weight is 189 g/mol. The number of rotatable bonds is 2. The van der Waals surface area contributed by atoms with Crippen LogP contribution in [0.25, 0.3) is 0 Å². The number of nitrogens with zero attached hydrogens (tertiary/aromatic N) is 3. The van der Waals surface area contributed by atoms with Crippen molar-refractivity contribution < 1.29 is 0 Å². The van der Waals surface area contributed by atoms with Gasteiger partial charge in [-0.05, 0) is 17.7 Å². The van der Waals surface area contributed by atoms with Gasteiger partial charge >= 0.3 is 0 Å². The lowest BCUT2D eigenvalue weighted by atomic mass is 10.3. The van der Waals surface area contributed by atoms with Gasteiger partial charge in [-0.25, -0.2) is 9.98 Å². The second kappa shape index (κ2) is 3.91. The molecule has 0 aliphatic carbocycles. The van der Waals surface area contributed by atoms with Crippen LogP contribution >= 0.6 is 11.3 Å². The van der Waals surface area contributed by atoms with Gasteiger partial charge in [-0.2, -0.15) is 0 Å². The first kappa shape index (κ1) is 8.07. The van der Waals surface area contributed by atoms with Gasteiger partial charge in [-0.15, -0.1) is 11.3 Å². The zero-order valence-electron chi connectivity index (χ0n) is 6.79. The van der Waals surface area contributed by atoms with Gasteiger partial charge in [0.15, 0.2) is 0 Å². The molecule has 64 valence electrons. The Morgan fingerprint density at radius 3 is 2.77 bits per heavy atom. The number of hydrogen-bond donors (Lipinski definition) is 0. The molecule has 0 radical (unpaired) electrons. The molecule has 0 spiro atoms. The quantitative estimate of drug-likeness (QED) is 0.680. The minimum absolute atomic E-state index is 0.775. The summed E-state index contributed by atoms with van der Waals surface area (Å²) >= 11 is 1.52. The van der Waals surface area contributed by atoms with Crippen molar-refractivity contribution >= 4 is 22.7 Å². The smallest absolute Gasteiger partial charge is 0.208 e. The van der Waals surface area contributed by atoms with Gasteiger partial charge in [0.2, 0.25) is 5.13 Å². The first-order valence-electron chi connectivity index (χ1n) is 3.79. The highest BCUT2D eigenvalue weighted by Crippen LogP contribution is 2.13. The molecule has 0 aliphatic rings. The molecule has 2 heterocycles. The minimum atomic E-state index is 0.775. The number of pyridine rings is 1. The van der Waals surface area contributed by atoms with Gasteiger partial charge in [0.25, 0.3) is 0 Å². The summed E-state index contributed by atoms with van der Waals surface area (Å²) in [5.74, 6) is 0. The molecule has 3 nitrogen and oxygen atoms in total. The highest BCUT2D eigenvalue weighted by molar-refractivity contribution is 7.13. The molecule has 0 aromatic carbocycles. The van der Waals surface area contributed by atoms with Crippen molar-refractivity contribution in [1.82, 2.24) is 9.97 Å². The van der Waals surface area contributed by atoms with Crippen LogP contribution in [0.1, 0.15) is 5.56 Å². The van der Waals surface area contributed by atoms with E-state index in [1.165, 1.54) is 11.3 Å². The molecule has 2 aromatic rings. The van der Waals surface area contributed by atoms with Crippen LogP contribution in [-0.2, 0) is 0 Å². The minimum Gasteiger partial charge on any atom is -0.265 e. The van der Waals surface area contributed by atoms with Gasteiger partial charge in [0, 0.05) is 30.2 Å². The maximum atomic E-state index is 4.19. The van der Waals surface area contributed by atoms with Crippen molar-refractivity contribution in [1.29, 1.82) is 0 Å². The molecular formula is C9H7N3S. The Morgan fingerprint density at radius 2 is 2.08 bits per heavy atom. The molecule has 0 N–H and O–H groups in total. The first-order valence-corrected chi connectivity index (χ1v) is 4.67. The average Bonchev–Trinajstić information content (AvgIpc) is 2.69. The Morgan fingerprint density at radius 1 is 1.23 bits per heavy atom. The fraction of sp³-hybridized carbons (Fsp3) is 0. The second-order valence-corrected chi connectivity index (χ2v) is 3.23. The number of thiazole rings is 1. The summed E-state index contributed by atoms with van der Waals surface area (Å²) in [4.78, 5) is 12.1. The molecule has 2 rings (SSSR count). The lowest BCUT2D eigenvalue weighted by Crippen LogP contribution is -1.79. The molecule has 0 atom stereocenters. The molecule has 0 fully saturated rings. The second-order valence-electron chi connectivity index (χ2n) is 2.35. The van der Waals surface area contributed by atoms with Crippen molar-refractivity contribution in [3.8, 4) is 0 Å². The molecule has 0 unspecified atom stereocenters. The summed E-state index contributed by atoms with van der Waals surface area (Å²) in [6.07, 6.45) is 7.00. The standard InChI is InChI=1S/C9H7N3S/c1-3-10-4-2-8(1)7-12-9-11-5-6-13-9/h1-7H/b12-7+. The normalized spacial score (nSPS) is 10.8. The SMILES string of the molecule is C(=N\c1nccs1)/c1ccncc1. The van der Waals surface area contributed by atoms with Crippen LogP contribution in [0.2, 0.25) is 0 Å². The van der Waals surface area contributed by atoms with Gasteiger partial charge in [-0.3, -0.25) is 4.98 Å². The van der Waals surface area contributed by atoms with Crippen molar-refractivity contribution in [2.75, 3.05) is 0 Å². The van der Waals surface area contributed by atoms with E-state index in [1.807, 2.05) is 17.5 Å². The fourth-order valence-electron chi connectivity index (χ4n) is 0.859. The third kappa shape index (κ3) is 2.19. The van der Waals surface area contributed by atoms with Gasteiger partial charge < -0.3 is 0 Å². The van der Waals surface area contributed by atoms with Crippen molar-refractivity contribution in [2.24, 2.45) is 4.99 Å². The van der Waals surface area contributed by atoms with E-state index in [0.717, 1.165) is 10.7 Å². The molecule has 0 saturated heterocycles. The first-order chi connectivity index (χ1) is 6.45. The molecule has 0 saturated carbocycles. The molecule has 0 aliphatic heterocycles. The van der Waals surface area contributed by atoms with E-state index in [4.69, 9.17) is 0 Å². The monoisotopic (exact) mass is 189 g/mol. The van der Waals surface area contributed by atoms with Crippen LogP contribution in [0.5, 0.6) is 0 Å². The number of hydrogen-bond acceptors (Lipinski definition) is 4. The van der Waals surface area contributed by atoms with E-state index in [1.54, 1.807) is 24.8 Å². The lowest BCUT2D eigenvalue weighted by Gasteiger charge is -1.87. The van der Waals surface area contributed by atoms with Crippen molar-refractivity contribution in [3.05, 3.63) is 41.7 Å². The largest absolute Gasteiger partial charge is 0.265 e. The van der Waals surface area contributed by atoms with Crippen LogP contribution < -0.4 is 0 Å². The Hall–Kier alpha value is -1.55. The Balaban J connectivity index is 2.15. The Labute approximate surface area is 79.8 Å². The maximum absolute atomic E-state index is 4.19. The highest BCUT2D eigenvalue weighted by atomic mass is 32.1. The van der Waals surface area contributed by atoms with Crippen LogP contribution in [0.15, 0.2) is 41.1 Å². The van der Waals surface area contributed by atoms with Crippen LogP contribution in [-0.4, -0.2) is 16.2 Å². The summed E-state index contributed by atoms with van der Waals surface area (Å²) in [7, 11) is 0. The van der Waals surface area contributed by atoms with Gasteiger partial charge in [0.1, 0.15) is 0 Å². The van der Waals surface area contributed by atoms with E-state index < -0.39 is 0 Å². The van der Waals surface area contributed by atoms with Gasteiger partial charge in [0.05, 0.1) is 0 Å². The summed E-state index contributed by atoms with van der Waals surface area (Å²) in [6, 6.07) is 3.80. The zero-order valence-corrected chi connectivity index (χ0v) is 7.61. The maximum Gasteiger partial charge on any atom is 0.208 e. The van der Waals surface area contributed by atoms with Gasteiger partial charge in [-0.1, -0.05) is 0 Å². The number of aromatic nitrogens is 2. The lowest BCUT2D eigenvalue weighted by molar-refractivity contribution is 1.32. The van der Waals surface area contributed by atoms with E-state index in [0.29, 0.717) is 0 Å². The third-order valence-electron chi connectivity index (χ3n) is 1.45. The van der Waals surface area contributed by atoms with E-state index in [2.05, 4.69) is 15.0 Å². The topological polar surface area (TPSA) is 38.1 Å². The van der Waals surface area contributed by atoms with Crippen LogP contribution in [0.4, 0.5) is 5.13 Å². The van der Waals surface area contributed by atoms with E-state index in [-0.39, 0.29) is 0 Å². The molecule has 2 aromatic heterocycles. The van der Waals surface area contributed by atoms with E-state index in [9.17, 15) is 0 Å². The predicted octanol–water partition coefficient (Wildman–Crippen LogP) is 2.29. The molecule has 0 bridgehead atoms. The molecular weight excluding hydrogens is 182 g/mol. The summed E-state index contributed by atoms with van der Waals surface area (Å²) in [5, 5.41) is 2.68. The Kier molecular flexibility index (Phi) is 2.43. The molecule has 13 heavy (non-hydrogen) atoms. The summed E-state index contributed by atoms with van der Waals surface area (Å²) < 4.78 is 0. The number of aliphatic imine (C=N–C) groups is 1. The van der Waals surface area contributed by atoms with E-state index >= 15 is 0 Å². The fourth-order valence-corrected chi connectivity index (χ4v) is 1.34. The van der Waals surface area contributed by atoms with Crippen LogP contribution in [0.3, 0.4) is 0 Å². The Bertz CT molecular complexity index is 381. The van der Waals surface area contributed by atoms with Crippen molar-refractivity contribution in [2.45, 2.75) is 0 Å². The summed E-state index contributed by atoms with van der Waals surface area (Å²) in [5.41, 5.74) is 1.03. The molecule has 0 amide bonds.